The second-order valence-electron chi connectivity index (χ2n) is 7.72. The van der Waals surface area contributed by atoms with Gasteiger partial charge in [-0.25, -0.2) is 0 Å². The lowest BCUT2D eigenvalue weighted by Gasteiger charge is -2.19. The Hall–Kier alpha value is -2.26. The van der Waals surface area contributed by atoms with Crippen LogP contribution in [-0.2, 0) is 4.79 Å². The summed E-state index contributed by atoms with van der Waals surface area (Å²) in [5.41, 5.74) is 6.52. The summed E-state index contributed by atoms with van der Waals surface area (Å²) >= 11 is 6.32. The Balaban J connectivity index is 2.20. The highest BCUT2D eigenvalue weighted by molar-refractivity contribution is 6.41. The highest BCUT2D eigenvalue weighted by atomic mass is 35.5. The standard InChI is InChI=1S/C23H26ClNO2/c1-12(2)16-9-15(10-17(13(3)4)22(16)27-6)11-19-18-7-14(5)8-20(24)21(18)25-23(19)26/h7-13H,1-6H3,(H,25,26). The summed E-state index contributed by atoms with van der Waals surface area (Å²) in [7, 11) is 1.72. The summed E-state index contributed by atoms with van der Waals surface area (Å²) in [4.78, 5) is 12.6. The van der Waals surface area contributed by atoms with Crippen molar-refractivity contribution in [3.8, 4) is 5.75 Å². The number of nitrogens with one attached hydrogen (secondary N) is 1. The first-order valence-electron chi connectivity index (χ1n) is 9.28. The zero-order chi connectivity index (χ0) is 19.9. The normalized spacial score (nSPS) is 14.9. The number of aryl methyl sites for hydroxylation is 1. The zero-order valence-electron chi connectivity index (χ0n) is 16.7. The summed E-state index contributed by atoms with van der Waals surface area (Å²) in [6.45, 7) is 10.6. The molecule has 0 atom stereocenters. The molecule has 1 aliphatic heterocycles. The van der Waals surface area contributed by atoms with Gasteiger partial charge < -0.3 is 10.1 Å². The van der Waals surface area contributed by atoms with Crippen molar-refractivity contribution in [1.82, 2.24) is 0 Å². The smallest absolute Gasteiger partial charge is 0.256 e. The van der Waals surface area contributed by atoms with Crippen LogP contribution in [0, 0.1) is 6.92 Å². The Bertz CT molecular complexity index is 913. The zero-order valence-corrected chi connectivity index (χ0v) is 17.5. The Morgan fingerprint density at radius 3 is 2.15 bits per heavy atom. The van der Waals surface area contributed by atoms with E-state index >= 15 is 0 Å². The van der Waals surface area contributed by atoms with Crippen LogP contribution in [0.15, 0.2) is 24.3 Å². The van der Waals surface area contributed by atoms with Gasteiger partial charge in [-0.1, -0.05) is 39.3 Å². The monoisotopic (exact) mass is 383 g/mol. The molecular formula is C23H26ClNO2. The molecule has 1 aliphatic rings. The number of anilines is 1. The number of amides is 1. The average molecular weight is 384 g/mol. The van der Waals surface area contributed by atoms with Gasteiger partial charge in [0.15, 0.2) is 0 Å². The van der Waals surface area contributed by atoms with Gasteiger partial charge in [0.1, 0.15) is 5.75 Å². The van der Waals surface area contributed by atoms with Crippen LogP contribution >= 0.6 is 11.6 Å². The van der Waals surface area contributed by atoms with Crippen molar-refractivity contribution < 1.29 is 9.53 Å². The van der Waals surface area contributed by atoms with Crippen LogP contribution in [0.5, 0.6) is 5.75 Å². The molecule has 0 aromatic heterocycles. The molecule has 2 aromatic rings. The van der Waals surface area contributed by atoms with Gasteiger partial charge in [0.05, 0.1) is 17.8 Å². The van der Waals surface area contributed by atoms with Crippen LogP contribution in [0.3, 0.4) is 0 Å². The van der Waals surface area contributed by atoms with E-state index in [1.807, 2.05) is 25.1 Å². The van der Waals surface area contributed by atoms with Gasteiger partial charge in [0.2, 0.25) is 0 Å². The highest BCUT2D eigenvalue weighted by Crippen LogP contribution is 2.41. The molecule has 0 saturated heterocycles. The molecule has 1 heterocycles. The molecule has 4 heteroatoms. The minimum atomic E-state index is -0.120. The Kier molecular flexibility index (Phi) is 5.34. The number of hydrogen-bond donors (Lipinski definition) is 1. The molecule has 2 aromatic carbocycles. The number of ether oxygens (including phenoxy) is 1. The molecule has 0 bridgehead atoms. The molecule has 0 radical (unpaired) electrons. The molecule has 1 N–H and O–H groups in total. The fourth-order valence-corrected chi connectivity index (χ4v) is 3.89. The van der Waals surface area contributed by atoms with Gasteiger partial charge in [0.25, 0.3) is 5.91 Å². The number of carbonyl (C=O) groups is 1. The molecule has 3 nitrogen and oxygen atoms in total. The lowest BCUT2D eigenvalue weighted by Crippen LogP contribution is -2.04. The number of carbonyl (C=O) groups excluding carboxylic acids is 1. The molecule has 0 aliphatic carbocycles. The molecule has 0 saturated carbocycles. The Morgan fingerprint density at radius 1 is 1.04 bits per heavy atom. The third-order valence-electron chi connectivity index (χ3n) is 4.94. The van der Waals surface area contributed by atoms with Crippen molar-refractivity contribution in [3.63, 3.8) is 0 Å². The van der Waals surface area contributed by atoms with Crippen LogP contribution in [-0.4, -0.2) is 13.0 Å². The number of fused-ring (bicyclic) bond motifs is 1. The minimum absolute atomic E-state index is 0.120. The number of rotatable bonds is 4. The molecule has 142 valence electrons. The third kappa shape index (κ3) is 3.61. The lowest BCUT2D eigenvalue weighted by atomic mass is 9.90. The Morgan fingerprint density at radius 2 is 1.63 bits per heavy atom. The fourth-order valence-electron chi connectivity index (χ4n) is 3.57. The second-order valence-corrected chi connectivity index (χ2v) is 8.13. The minimum Gasteiger partial charge on any atom is -0.496 e. The first-order chi connectivity index (χ1) is 12.7. The lowest BCUT2D eigenvalue weighted by molar-refractivity contribution is -0.110. The van der Waals surface area contributed by atoms with Crippen LogP contribution in [0.2, 0.25) is 5.02 Å². The van der Waals surface area contributed by atoms with E-state index in [1.165, 1.54) is 0 Å². The van der Waals surface area contributed by atoms with E-state index in [0.29, 0.717) is 28.1 Å². The molecule has 0 fully saturated rings. The fraction of sp³-hybridized carbons (Fsp3) is 0.348. The number of methoxy groups -OCH3 is 1. The number of benzene rings is 2. The van der Waals surface area contributed by atoms with Crippen molar-refractivity contribution in [3.05, 3.63) is 57.1 Å². The van der Waals surface area contributed by atoms with Crippen LogP contribution in [0.25, 0.3) is 11.6 Å². The van der Waals surface area contributed by atoms with Crippen molar-refractivity contribution in [1.29, 1.82) is 0 Å². The first kappa shape index (κ1) is 19.5. The molecular weight excluding hydrogens is 358 g/mol. The maximum atomic E-state index is 12.6. The van der Waals surface area contributed by atoms with Gasteiger partial charge in [-0.3, -0.25) is 4.79 Å². The van der Waals surface area contributed by atoms with Gasteiger partial charge in [-0.15, -0.1) is 0 Å². The number of hydrogen-bond acceptors (Lipinski definition) is 2. The van der Waals surface area contributed by atoms with Crippen molar-refractivity contribution in [2.45, 2.75) is 46.5 Å². The predicted octanol–water partition coefficient (Wildman–Crippen LogP) is 6.40. The highest BCUT2D eigenvalue weighted by Gasteiger charge is 2.27. The van der Waals surface area contributed by atoms with E-state index in [1.54, 1.807) is 7.11 Å². The van der Waals surface area contributed by atoms with E-state index in [-0.39, 0.29) is 5.91 Å². The molecule has 0 spiro atoms. The summed E-state index contributed by atoms with van der Waals surface area (Å²) in [5, 5.41) is 3.47. The van der Waals surface area contributed by atoms with Crippen molar-refractivity contribution >= 4 is 34.8 Å². The quantitative estimate of drug-likeness (QED) is 0.620. The molecule has 0 unspecified atom stereocenters. The number of halogens is 1. The predicted molar refractivity (Wildman–Crippen MR) is 114 cm³/mol. The topological polar surface area (TPSA) is 38.3 Å². The first-order valence-corrected chi connectivity index (χ1v) is 9.66. The SMILES string of the molecule is COc1c(C(C)C)cc(C=C2C(=O)Nc3c(Cl)cc(C)cc32)cc1C(C)C. The average Bonchev–Trinajstić information content (AvgIpc) is 2.90. The van der Waals surface area contributed by atoms with Crippen LogP contribution < -0.4 is 10.1 Å². The van der Waals surface area contributed by atoms with Crippen molar-refractivity contribution in [2.24, 2.45) is 0 Å². The molecule has 27 heavy (non-hydrogen) atoms. The van der Waals surface area contributed by atoms with Gasteiger partial charge in [-0.05, 0) is 71.4 Å². The van der Waals surface area contributed by atoms with Gasteiger partial charge >= 0.3 is 0 Å². The maximum Gasteiger partial charge on any atom is 0.256 e. The van der Waals surface area contributed by atoms with E-state index in [4.69, 9.17) is 16.3 Å². The van der Waals surface area contributed by atoms with E-state index in [0.717, 1.165) is 33.6 Å². The van der Waals surface area contributed by atoms with E-state index in [9.17, 15) is 4.79 Å². The summed E-state index contributed by atoms with van der Waals surface area (Å²) in [5.74, 6) is 1.46. The van der Waals surface area contributed by atoms with Gasteiger partial charge in [-0.2, -0.15) is 0 Å². The Labute approximate surface area is 166 Å². The van der Waals surface area contributed by atoms with Crippen LogP contribution in [0.1, 0.15) is 67.3 Å². The second kappa shape index (κ2) is 7.40. The van der Waals surface area contributed by atoms with E-state index < -0.39 is 0 Å². The molecule has 1 amide bonds. The summed E-state index contributed by atoms with van der Waals surface area (Å²) in [6.07, 6.45) is 1.95. The van der Waals surface area contributed by atoms with Crippen molar-refractivity contribution in [2.75, 3.05) is 12.4 Å². The van der Waals surface area contributed by atoms with E-state index in [2.05, 4.69) is 45.1 Å². The largest absolute Gasteiger partial charge is 0.496 e. The maximum absolute atomic E-state index is 12.6. The summed E-state index contributed by atoms with van der Waals surface area (Å²) < 4.78 is 5.72. The van der Waals surface area contributed by atoms with Crippen LogP contribution in [0.4, 0.5) is 5.69 Å². The molecule has 3 rings (SSSR count). The third-order valence-corrected chi connectivity index (χ3v) is 5.23. The summed E-state index contributed by atoms with van der Waals surface area (Å²) in [6, 6.07) is 8.10. The van der Waals surface area contributed by atoms with Gasteiger partial charge in [0, 0.05) is 11.1 Å².